The molecule has 1 aliphatic heterocycles. The van der Waals surface area contributed by atoms with E-state index < -0.39 is 17.2 Å². The Labute approximate surface area is 210 Å². The number of anilines is 3. The molecule has 4 aromatic rings. The summed E-state index contributed by atoms with van der Waals surface area (Å²) in [5, 5.41) is 17.1. The summed E-state index contributed by atoms with van der Waals surface area (Å²) in [7, 11) is 2.00. The zero-order valence-electron chi connectivity index (χ0n) is 18.8. The molecule has 8 nitrogen and oxygen atoms in total. The lowest BCUT2D eigenvalue weighted by Crippen LogP contribution is -2.44. The van der Waals surface area contributed by atoms with E-state index in [4.69, 9.17) is 11.6 Å². The molecule has 5 rings (SSSR count). The van der Waals surface area contributed by atoms with Crippen molar-refractivity contribution in [3.63, 3.8) is 0 Å². The van der Waals surface area contributed by atoms with E-state index in [1.54, 1.807) is 18.3 Å². The molecule has 0 saturated heterocycles. The monoisotopic (exact) mass is 502 g/mol. The Hall–Kier alpha value is -4.40. The molecule has 3 heterocycles. The molecule has 2 aromatic heterocycles. The zero-order valence-corrected chi connectivity index (χ0v) is 19.6. The van der Waals surface area contributed by atoms with E-state index in [1.165, 1.54) is 6.20 Å². The summed E-state index contributed by atoms with van der Waals surface area (Å²) in [4.78, 5) is 7.75. The molecule has 1 atom stereocenters. The van der Waals surface area contributed by atoms with Crippen molar-refractivity contribution < 1.29 is 8.78 Å². The van der Waals surface area contributed by atoms with E-state index in [2.05, 4.69) is 43.1 Å². The number of hydrazine groups is 2. The number of halogens is 3. The third-order valence-electron chi connectivity index (χ3n) is 5.88. The fraction of sp³-hybridized carbons (Fsp3) is 0.0417. The van der Waals surface area contributed by atoms with Gasteiger partial charge in [-0.05, 0) is 17.7 Å². The van der Waals surface area contributed by atoms with Crippen LogP contribution < -0.4 is 27.0 Å². The molecule has 178 valence electrons. The van der Waals surface area contributed by atoms with Crippen molar-refractivity contribution in [3.8, 4) is 6.07 Å². The summed E-state index contributed by atoms with van der Waals surface area (Å²) in [6.07, 6.45) is 4.32. The molecule has 36 heavy (non-hydrogen) atoms. The van der Waals surface area contributed by atoms with Crippen LogP contribution in [-0.2, 0) is 5.44 Å². The number of aromatic nitrogens is 2. The predicted octanol–water partition coefficient (Wildman–Crippen LogP) is 3.53. The summed E-state index contributed by atoms with van der Waals surface area (Å²) < 4.78 is 27.1. The SMILES string of the molecule is BC(Nc1cc(Cl)c2ncc(C#N)c(Nc3cnc(F)c(F)c3)c2c1)(C1=CNNN1)c1ccccc1. The third kappa shape index (κ3) is 4.24. The number of pyridine rings is 2. The number of hydrogen-bond donors (Lipinski definition) is 5. The summed E-state index contributed by atoms with van der Waals surface area (Å²) in [6, 6.07) is 16.4. The fourth-order valence-electron chi connectivity index (χ4n) is 4.06. The predicted molar refractivity (Wildman–Crippen MR) is 137 cm³/mol. The van der Waals surface area contributed by atoms with E-state index >= 15 is 0 Å². The van der Waals surface area contributed by atoms with Gasteiger partial charge in [-0.3, -0.25) is 4.98 Å². The van der Waals surface area contributed by atoms with E-state index in [1.807, 2.05) is 38.2 Å². The molecule has 0 fully saturated rings. The van der Waals surface area contributed by atoms with Crippen molar-refractivity contribution >= 4 is 47.4 Å². The number of nitriles is 1. The third-order valence-corrected chi connectivity index (χ3v) is 6.17. The van der Waals surface area contributed by atoms with Gasteiger partial charge in [0.1, 0.15) is 13.9 Å². The molecule has 12 heteroatoms. The van der Waals surface area contributed by atoms with E-state index in [0.717, 1.165) is 23.5 Å². The lowest BCUT2D eigenvalue weighted by atomic mass is 9.69. The largest absolute Gasteiger partial charge is 0.378 e. The maximum atomic E-state index is 13.8. The average Bonchev–Trinajstić information content (AvgIpc) is 3.43. The van der Waals surface area contributed by atoms with Crippen LogP contribution in [0.5, 0.6) is 0 Å². The van der Waals surface area contributed by atoms with Gasteiger partial charge < -0.3 is 21.5 Å². The van der Waals surface area contributed by atoms with E-state index in [9.17, 15) is 14.0 Å². The quantitative estimate of drug-likeness (QED) is 0.201. The standard InChI is InChI=1S/C24H18BClF2N8/c25-24(20-12-32-36-35-20,14-4-2-1-3-5-14)34-15-6-17-21(33-16-8-19(27)23(28)31-11-16)13(9-29)10-30-22(17)18(26)7-15/h1-8,10-12,32,34-36H,25H2,(H,30,33). The molecule has 0 saturated carbocycles. The highest BCUT2D eigenvalue weighted by Gasteiger charge is 2.33. The van der Waals surface area contributed by atoms with Crippen molar-refractivity contribution in [2.45, 2.75) is 5.44 Å². The molecule has 0 amide bonds. The molecule has 5 N–H and O–H groups in total. The Morgan fingerprint density at radius 1 is 1.06 bits per heavy atom. The number of fused-ring (bicyclic) bond motifs is 1. The smallest absolute Gasteiger partial charge is 0.249 e. The second kappa shape index (κ2) is 9.33. The Kier molecular flexibility index (Phi) is 6.06. The van der Waals surface area contributed by atoms with Crippen molar-refractivity contribution in [3.05, 3.63) is 101 Å². The van der Waals surface area contributed by atoms with Gasteiger partial charge in [-0.25, -0.2) is 9.37 Å². The molecule has 0 aliphatic carbocycles. The molecule has 0 spiro atoms. The molecule has 0 radical (unpaired) electrons. The topological polar surface area (TPSA) is 110 Å². The minimum absolute atomic E-state index is 0.166. The minimum Gasteiger partial charge on any atom is -0.378 e. The van der Waals surface area contributed by atoms with Crippen LogP contribution in [-0.4, -0.2) is 17.8 Å². The van der Waals surface area contributed by atoms with Gasteiger partial charge in [0.2, 0.25) is 5.95 Å². The van der Waals surface area contributed by atoms with E-state index in [-0.39, 0.29) is 11.3 Å². The fourth-order valence-corrected chi connectivity index (χ4v) is 4.33. The minimum atomic E-state index is -1.21. The van der Waals surface area contributed by atoms with Crippen LogP contribution in [0.4, 0.5) is 25.8 Å². The van der Waals surface area contributed by atoms with Crippen LogP contribution in [0.3, 0.4) is 0 Å². The second-order valence-electron chi connectivity index (χ2n) is 8.20. The highest BCUT2D eigenvalue weighted by molar-refractivity contribution is 6.36. The van der Waals surface area contributed by atoms with Gasteiger partial charge in [0.25, 0.3) is 0 Å². The Morgan fingerprint density at radius 2 is 1.86 bits per heavy atom. The van der Waals surface area contributed by atoms with E-state index in [0.29, 0.717) is 27.3 Å². The van der Waals surface area contributed by atoms with Gasteiger partial charge in [0.15, 0.2) is 5.82 Å². The zero-order chi connectivity index (χ0) is 25.3. The first kappa shape index (κ1) is 23.4. The second-order valence-corrected chi connectivity index (χ2v) is 8.61. The first-order valence-electron chi connectivity index (χ1n) is 10.8. The van der Waals surface area contributed by atoms with Gasteiger partial charge in [0, 0.05) is 29.5 Å². The lowest BCUT2D eigenvalue weighted by molar-refractivity contribution is 0.480. The Bertz CT molecular complexity index is 1540. The molecular weight excluding hydrogens is 485 g/mol. The molecule has 1 aliphatic rings. The van der Waals surface area contributed by atoms with Crippen molar-refractivity contribution in [1.29, 1.82) is 5.26 Å². The maximum absolute atomic E-state index is 13.8. The molecular formula is C24H18BClF2N8. The van der Waals surface area contributed by atoms with Crippen LogP contribution >= 0.6 is 11.6 Å². The van der Waals surface area contributed by atoms with Crippen LogP contribution in [0, 0.1) is 23.1 Å². The number of rotatable bonds is 6. The van der Waals surface area contributed by atoms with Gasteiger partial charge in [-0.1, -0.05) is 41.9 Å². The Balaban J connectivity index is 1.63. The Morgan fingerprint density at radius 3 is 2.56 bits per heavy atom. The van der Waals surface area contributed by atoms with Gasteiger partial charge in [-0.15, -0.1) is 0 Å². The maximum Gasteiger partial charge on any atom is 0.249 e. The molecule has 2 aromatic carbocycles. The van der Waals surface area contributed by atoms with Gasteiger partial charge >= 0.3 is 0 Å². The number of hydrogen-bond acceptors (Lipinski definition) is 8. The summed E-state index contributed by atoms with van der Waals surface area (Å²) in [6.45, 7) is 0. The lowest BCUT2D eigenvalue weighted by Gasteiger charge is -2.34. The van der Waals surface area contributed by atoms with Crippen molar-refractivity contribution in [2.24, 2.45) is 0 Å². The van der Waals surface area contributed by atoms with Gasteiger partial charge in [-0.2, -0.15) is 15.2 Å². The van der Waals surface area contributed by atoms with Crippen LogP contribution in [0.2, 0.25) is 5.02 Å². The van der Waals surface area contributed by atoms with Crippen LogP contribution in [0.25, 0.3) is 10.9 Å². The molecule has 1 unspecified atom stereocenters. The number of nitrogens with zero attached hydrogens (tertiary/aromatic N) is 3. The summed E-state index contributed by atoms with van der Waals surface area (Å²) in [5.74, 6) is -2.33. The number of nitrogens with one attached hydrogen (secondary N) is 5. The first-order valence-corrected chi connectivity index (χ1v) is 11.2. The summed E-state index contributed by atoms with van der Waals surface area (Å²) in [5.41, 5.74) is 11.7. The highest BCUT2D eigenvalue weighted by Crippen LogP contribution is 2.37. The first-order chi connectivity index (χ1) is 17.4. The highest BCUT2D eigenvalue weighted by atomic mass is 35.5. The van der Waals surface area contributed by atoms with Crippen molar-refractivity contribution in [2.75, 3.05) is 10.6 Å². The average molecular weight is 503 g/mol. The van der Waals surface area contributed by atoms with Gasteiger partial charge in [0.05, 0.1) is 44.8 Å². The van der Waals surface area contributed by atoms with Crippen LogP contribution in [0.1, 0.15) is 11.1 Å². The number of benzene rings is 2. The summed E-state index contributed by atoms with van der Waals surface area (Å²) >= 11 is 6.62. The normalized spacial score (nSPS) is 14.2. The van der Waals surface area contributed by atoms with Crippen molar-refractivity contribution in [1.82, 2.24) is 26.4 Å². The molecule has 0 bridgehead atoms. The van der Waals surface area contributed by atoms with Crippen LogP contribution in [0.15, 0.2) is 72.8 Å².